The van der Waals surface area contributed by atoms with Crippen LogP contribution in [-0.2, 0) is 4.79 Å². The molecule has 0 spiro atoms. The number of hydrogen-bond acceptors (Lipinski definition) is 3. The standard InChI is InChI=1S/C13H19N3O3/c1-8-5-6-9(12(19)15-8)11(18)14-7-10(17)16-13(2,3)4/h5-6H,7H2,1-4H3,(H,14,18)(H,15,19)(H,16,17). The lowest BCUT2D eigenvalue weighted by molar-refractivity contribution is -0.121. The fourth-order valence-electron chi connectivity index (χ4n) is 1.47. The Morgan fingerprint density at radius 2 is 1.89 bits per heavy atom. The number of pyridine rings is 1. The lowest BCUT2D eigenvalue weighted by Crippen LogP contribution is -2.46. The number of aromatic nitrogens is 1. The van der Waals surface area contributed by atoms with Crippen molar-refractivity contribution in [3.05, 3.63) is 33.7 Å². The summed E-state index contributed by atoms with van der Waals surface area (Å²) in [5, 5.41) is 5.12. The van der Waals surface area contributed by atoms with Gasteiger partial charge in [-0.1, -0.05) is 0 Å². The first kappa shape index (κ1) is 14.9. The van der Waals surface area contributed by atoms with Gasteiger partial charge >= 0.3 is 0 Å². The fraction of sp³-hybridized carbons (Fsp3) is 0.462. The Bertz CT molecular complexity index is 541. The summed E-state index contributed by atoms with van der Waals surface area (Å²) in [4.78, 5) is 37.3. The van der Waals surface area contributed by atoms with Crippen LogP contribution in [0.4, 0.5) is 0 Å². The fourth-order valence-corrected chi connectivity index (χ4v) is 1.47. The van der Waals surface area contributed by atoms with E-state index >= 15 is 0 Å². The van der Waals surface area contributed by atoms with Gasteiger partial charge in [-0.2, -0.15) is 0 Å². The zero-order valence-electron chi connectivity index (χ0n) is 11.6. The monoisotopic (exact) mass is 265 g/mol. The molecule has 0 atom stereocenters. The molecule has 3 N–H and O–H groups in total. The lowest BCUT2D eigenvalue weighted by Gasteiger charge is -2.20. The summed E-state index contributed by atoms with van der Waals surface area (Å²) in [5.41, 5.74) is -0.154. The van der Waals surface area contributed by atoms with Crippen molar-refractivity contribution >= 4 is 11.8 Å². The van der Waals surface area contributed by atoms with Crippen LogP contribution >= 0.6 is 0 Å². The molecule has 0 aliphatic rings. The highest BCUT2D eigenvalue weighted by molar-refractivity contribution is 5.96. The zero-order chi connectivity index (χ0) is 14.6. The maximum Gasteiger partial charge on any atom is 0.260 e. The third kappa shape index (κ3) is 4.95. The predicted octanol–water partition coefficient (Wildman–Crippen LogP) is 0.328. The Balaban J connectivity index is 2.61. The van der Waals surface area contributed by atoms with Gasteiger partial charge < -0.3 is 15.6 Å². The second kappa shape index (κ2) is 5.69. The van der Waals surface area contributed by atoms with Gasteiger partial charge in [0.1, 0.15) is 5.56 Å². The van der Waals surface area contributed by atoms with Gasteiger partial charge in [0.15, 0.2) is 0 Å². The van der Waals surface area contributed by atoms with E-state index in [0.29, 0.717) is 5.69 Å². The minimum atomic E-state index is -0.565. The highest BCUT2D eigenvalue weighted by Crippen LogP contribution is 1.97. The van der Waals surface area contributed by atoms with Crippen molar-refractivity contribution in [2.24, 2.45) is 0 Å². The molecular weight excluding hydrogens is 246 g/mol. The first-order chi connectivity index (χ1) is 8.69. The number of amides is 2. The average molecular weight is 265 g/mol. The van der Waals surface area contributed by atoms with E-state index in [2.05, 4.69) is 15.6 Å². The zero-order valence-corrected chi connectivity index (χ0v) is 11.6. The normalized spacial score (nSPS) is 10.9. The topological polar surface area (TPSA) is 91.1 Å². The Kier molecular flexibility index (Phi) is 4.47. The van der Waals surface area contributed by atoms with Crippen LogP contribution < -0.4 is 16.2 Å². The molecule has 6 heteroatoms. The number of hydrogen-bond donors (Lipinski definition) is 3. The van der Waals surface area contributed by atoms with Gasteiger partial charge in [-0.3, -0.25) is 14.4 Å². The van der Waals surface area contributed by atoms with Crippen LogP contribution in [0.2, 0.25) is 0 Å². The van der Waals surface area contributed by atoms with Gasteiger partial charge in [-0.25, -0.2) is 0 Å². The van der Waals surface area contributed by atoms with Crippen LogP contribution in [0.1, 0.15) is 36.8 Å². The lowest BCUT2D eigenvalue weighted by atomic mass is 10.1. The number of carbonyl (C=O) groups is 2. The average Bonchev–Trinajstić information content (AvgIpc) is 2.23. The first-order valence-corrected chi connectivity index (χ1v) is 5.98. The van der Waals surface area contributed by atoms with Crippen molar-refractivity contribution in [2.45, 2.75) is 33.2 Å². The molecule has 0 bridgehead atoms. The van der Waals surface area contributed by atoms with E-state index in [9.17, 15) is 14.4 Å². The second-order valence-corrected chi connectivity index (χ2v) is 5.36. The minimum absolute atomic E-state index is 0.00541. The molecule has 0 fully saturated rings. The summed E-state index contributed by atoms with van der Waals surface area (Å²) in [6.07, 6.45) is 0. The summed E-state index contributed by atoms with van der Waals surface area (Å²) in [5.74, 6) is -0.866. The maximum atomic E-state index is 11.7. The quantitative estimate of drug-likeness (QED) is 0.735. The van der Waals surface area contributed by atoms with E-state index in [1.165, 1.54) is 6.07 Å². The van der Waals surface area contributed by atoms with Crippen LogP contribution in [0.15, 0.2) is 16.9 Å². The molecule has 104 valence electrons. The summed E-state index contributed by atoms with van der Waals surface area (Å²) in [6.45, 7) is 7.09. The van der Waals surface area contributed by atoms with E-state index < -0.39 is 11.5 Å². The Labute approximate surface area is 111 Å². The highest BCUT2D eigenvalue weighted by Gasteiger charge is 2.15. The van der Waals surface area contributed by atoms with Gasteiger partial charge in [-0.15, -0.1) is 0 Å². The number of nitrogens with one attached hydrogen (secondary N) is 3. The molecular formula is C13H19N3O3. The van der Waals surface area contributed by atoms with Gasteiger partial charge in [-0.05, 0) is 39.8 Å². The molecule has 1 heterocycles. The van der Waals surface area contributed by atoms with Crippen molar-refractivity contribution in [1.82, 2.24) is 15.6 Å². The van der Waals surface area contributed by atoms with Crippen LogP contribution in [0.25, 0.3) is 0 Å². The van der Waals surface area contributed by atoms with Crippen molar-refractivity contribution in [3.63, 3.8) is 0 Å². The number of aromatic amines is 1. The third-order valence-corrected chi connectivity index (χ3v) is 2.22. The summed E-state index contributed by atoms with van der Waals surface area (Å²) in [6, 6.07) is 3.07. The van der Waals surface area contributed by atoms with E-state index in [0.717, 1.165) is 0 Å². The molecule has 0 aromatic carbocycles. The number of rotatable bonds is 3. The Hall–Kier alpha value is -2.11. The first-order valence-electron chi connectivity index (χ1n) is 5.98. The number of carbonyl (C=O) groups excluding carboxylic acids is 2. The van der Waals surface area contributed by atoms with Gasteiger partial charge in [0.2, 0.25) is 5.91 Å². The summed E-state index contributed by atoms with van der Waals surface area (Å²) < 4.78 is 0. The molecule has 6 nitrogen and oxygen atoms in total. The van der Waals surface area contributed by atoms with E-state index in [4.69, 9.17) is 0 Å². The van der Waals surface area contributed by atoms with Crippen molar-refractivity contribution in [2.75, 3.05) is 6.54 Å². The van der Waals surface area contributed by atoms with Gasteiger partial charge in [0.05, 0.1) is 6.54 Å². The highest BCUT2D eigenvalue weighted by atomic mass is 16.2. The molecule has 19 heavy (non-hydrogen) atoms. The maximum absolute atomic E-state index is 11.7. The van der Waals surface area contributed by atoms with Crippen LogP contribution in [-0.4, -0.2) is 28.9 Å². The molecule has 0 aliphatic carbocycles. The molecule has 2 amide bonds. The largest absolute Gasteiger partial charge is 0.350 e. The smallest absolute Gasteiger partial charge is 0.260 e. The van der Waals surface area contributed by atoms with Crippen molar-refractivity contribution < 1.29 is 9.59 Å². The third-order valence-electron chi connectivity index (χ3n) is 2.22. The van der Waals surface area contributed by atoms with Crippen LogP contribution in [0.5, 0.6) is 0 Å². The molecule has 0 saturated heterocycles. The Morgan fingerprint density at radius 1 is 1.26 bits per heavy atom. The molecule has 0 unspecified atom stereocenters. The van der Waals surface area contributed by atoms with E-state index in [1.807, 2.05) is 20.8 Å². The Morgan fingerprint density at radius 3 is 2.42 bits per heavy atom. The molecule has 0 radical (unpaired) electrons. The molecule has 1 rings (SSSR count). The second-order valence-electron chi connectivity index (χ2n) is 5.36. The minimum Gasteiger partial charge on any atom is -0.350 e. The van der Waals surface area contributed by atoms with Gasteiger partial charge in [0, 0.05) is 11.2 Å². The van der Waals surface area contributed by atoms with Crippen molar-refractivity contribution in [3.8, 4) is 0 Å². The van der Waals surface area contributed by atoms with E-state index in [1.54, 1.807) is 13.0 Å². The van der Waals surface area contributed by atoms with Crippen molar-refractivity contribution in [1.29, 1.82) is 0 Å². The van der Waals surface area contributed by atoms with E-state index in [-0.39, 0.29) is 23.6 Å². The SMILES string of the molecule is Cc1ccc(C(=O)NCC(=O)NC(C)(C)C)c(=O)[nH]1. The molecule has 0 saturated carbocycles. The summed E-state index contributed by atoms with van der Waals surface area (Å²) >= 11 is 0. The molecule has 1 aromatic rings. The van der Waals surface area contributed by atoms with Crippen LogP contribution in [0, 0.1) is 6.92 Å². The predicted molar refractivity (Wildman–Crippen MR) is 72.0 cm³/mol. The van der Waals surface area contributed by atoms with Gasteiger partial charge in [0.25, 0.3) is 11.5 Å². The van der Waals surface area contributed by atoms with Crippen LogP contribution in [0.3, 0.4) is 0 Å². The number of H-pyrrole nitrogens is 1. The number of aryl methyl sites for hydroxylation is 1. The molecule has 0 aliphatic heterocycles. The molecule has 1 aromatic heterocycles. The summed E-state index contributed by atoms with van der Waals surface area (Å²) in [7, 11) is 0.